The SMILES string of the molecule is C[C@@H]1c2c([nH]c3nnc(-c4ccccc4O)cc23)CCN1C1CCN(C2CC3(C2)CN(C2CC4(C2)CN(C(=O)OC(C)(C)C)C4)C3)CC1. The second-order valence-corrected chi connectivity index (χ2v) is 17.3. The van der Waals surface area contributed by atoms with Crippen LogP contribution in [0.4, 0.5) is 4.79 Å². The highest BCUT2D eigenvalue weighted by molar-refractivity contribution is 5.86. The number of phenolic OH excluding ortho intramolecular Hbond substituents is 1. The molecular weight excluding hydrogens is 602 g/mol. The Morgan fingerprint density at radius 3 is 2.27 bits per heavy atom. The first-order valence-electron chi connectivity index (χ1n) is 18.4. The van der Waals surface area contributed by atoms with Crippen molar-refractivity contribution in [1.82, 2.24) is 34.8 Å². The number of nitrogens with one attached hydrogen (secondary N) is 1. The van der Waals surface area contributed by atoms with Gasteiger partial charge in [0.1, 0.15) is 11.4 Å². The molecule has 1 atom stereocenters. The van der Waals surface area contributed by atoms with Gasteiger partial charge in [-0.2, -0.15) is 0 Å². The number of phenols is 1. The maximum atomic E-state index is 12.4. The van der Waals surface area contributed by atoms with Crippen LogP contribution in [-0.2, 0) is 11.2 Å². The predicted octanol–water partition coefficient (Wildman–Crippen LogP) is 5.58. The minimum Gasteiger partial charge on any atom is -0.507 e. The van der Waals surface area contributed by atoms with Crippen LogP contribution in [0.3, 0.4) is 0 Å². The minimum absolute atomic E-state index is 0.145. The zero-order valence-corrected chi connectivity index (χ0v) is 29.0. The molecule has 5 fully saturated rings. The van der Waals surface area contributed by atoms with E-state index in [2.05, 4.69) is 42.9 Å². The van der Waals surface area contributed by atoms with Crippen molar-refractivity contribution in [1.29, 1.82) is 0 Å². The molecule has 256 valence electrons. The molecule has 10 nitrogen and oxygen atoms in total. The summed E-state index contributed by atoms with van der Waals surface area (Å²) in [5.41, 5.74) is 5.44. The molecule has 6 aliphatic rings. The molecule has 2 saturated carbocycles. The lowest BCUT2D eigenvalue weighted by Crippen LogP contribution is -2.74. The molecule has 2 N–H and O–H groups in total. The molecule has 2 spiro atoms. The maximum Gasteiger partial charge on any atom is 0.410 e. The lowest BCUT2D eigenvalue weighted by atomic mass is 9.55. The van der Waals surface area contributed by atoms with Gasteiger partial charge >= 0.3 is 6.09 Å². The summed E-state index contributed by atoms with van der Waals surface area (Å²) >= 11 is 0. The van der Waals surface area contributed by atoms with Crippen LogP contribution in [0.2, 0.25) is 0 Å². The van der Waals surface area contributed by atoms with Crippen molar-refractivity contribution in [3.63, 3.8) is 0 Å². The number of hydrogen-bond acceptors (Lipinski definition) is 8. The second-order valence-electron chi connectivity index (χ2n) is 17.3. The van der Waals surface area contributed by atoms with Crippen molar-refractivity contribution >= 4 is 17.1 Å². The van der Waals surface area contributed by atoms with E-state index in [0.717, 1.165) is 60.4 Å². The third-order valence-electron chi connectivity index (χ3n) is 12.9. The highest BCUT2D eigenvalue weighted by atomic mass is 16.6. The van der Waals surface area contributed by atoms with Crippen molar-refractivity contribution in [3.8, 4) is 17.0 Å². The van der Waals surface area contributed by atoms with Crippen LogP contribution in [-0.4, -0.2) is 116 Å². The van der Waals surface area contributed by atoms with Crippen LogP contribution < -0.4 is 0 Å². The molecule has 0 bridgehead atoms. The van der Waals surface area contributed by atoms with Gasteiger partial charge in [0.15, 0.2) is 5.65 Å². The molecule has 3 saturated heterocycles. The van der Waals surface area contributed by atoms with E-state index in [1.165, 1.54) is 76.0 Å². The third kappa shape index (κ3) is 5.12. The van der Waals surface area contributed by atoms with E-state index in [1.54, 1.807) is 6.07 Å². The maximum absolute atomic E-state index is 12.4. The Morgan fingerprint density at radius 1 is 0.917 bits per heavy atom. The van der Waals surface area contributed by atoms with E-state index in [1.807, 2.05) is 43.9 Å². The van der Waals surface area contributed by atoms with E-state index in [9.17, 15) is 9.90 Å². The van der Waals surface area contributed by atoms with Gasteiger partial charge in [0.2, 0.25) is 0 Å². The van der Waals surface area contributed by atoms with Crippen LogP contribution in [0, 0.1) is 10.8 Å². The first-order chi connectivity index (χ1) is 23.0. The first-order valence-corrected chi connectivity index (χ1v) is 18.4. The summed E-state index contributed by atoms with van der Waals surface area (Å²) in [6.45, 7) is 16.0. The number of carbonyl (C=O) groups is 1. The molecule has 6 heterocycles. The van der Waals surface area contributed by atoms with Crippen molar-refractivity contribution < 1.29 is 14.6 Å². The van der Waals surface area contributed by atoms with Gasteiger partial charge in [-0.3, -0.25) is 9.80 Å². The van der Waals surface area contributed by atoms with E-state index in [-0.39, 0.29) is 11.8 Å². The summed E-state index contributed by atoms with van der Waals surface area (Å²) in [5, 5.41) is 20.5. The zero-order chi connectivity index (χ0) is 33.0. The summed E-state index contributed by atoms with van der Waals surface area (Å²) in [7, 11) is 0. The number of rotatable bonds is 4. The number of H-pyrrole nitrogens is 1. The number of likely N-dealkylation sites (tertiary alicyclic amines) is 3. The fourth-order valence-corrected chi connectivity index (χ4v) is 10.4. The quantitative estimate of drug-likeness (QED) is 0.377. The number of para-hydroxylation sites is 1. The normalized spacial score (nSPS) is 27.7. The summed E-state index contributed by atoms with van der Waals surface area (Å²) in [5.74, 6) is 0.235. The highest BCUT2D eigenvalue weighted by Crippen LogP contribution is 2.57. The number of aromatic nitrogens is 3. The van der Waals surface area contributed by atoms with E-state index in [4.69, 9.17) is 4.74 Å². The molecule has 10 heteroatoms. The summed E-state index contributed by atoms with van der Waals surface area (Å²) in [6.07, 6.45) is 8.59. The number of aromatic amines is 1. The first kappa shape index (κ1) is 30.8. The number of fused-ring (bicyclic) bond motifs is 3. The molecule has 3 aromatic rings. The van der Waals surface area contributed by atoms with Crippen molar-refractivity contribution in [2.24, 2.45) is 10.8 Å². The molecule has 4 aliphatic heterocycles. The number of nitrogens with zero attached hydrogens (tertiary/aromatic N) is 6. The van der Waals surface area contributed by atoms with E-state index < -0.39 is 5.60 Å². The van der Waals surface area contributed by atoms with Crippen molar-refractivity contribution in [2.45, 2.75) is 102 Å². The van der Waals surface area contributed by atoms with Crippen molar-refractivity contribution in [3.05, 3.63) is 41.6 Å². The van der Waals surface area contributed by atoms with Crippen LogP contribution in [0.5, 0.6) is 5.75 Å². The molecular formula is C38H51N7O3. The van der Waals surface area contributed by atoms with E-state index in [0.29, 0.717) is 22.9 Å². The van der Waals surface area contributed by atoms with Crippen LogP contribution in [0.15, 0.2) is 30.3 Å². The average molecular weight is 654 g/mol. The Morgan fingerprint density at radius 2 is 1.58 bits per heavy atom. The molecule has 48 heavy (non-hydrogen) atoms. The van der Waals surface area contributed by atoms with Gasteiger partial charge in [0.05, 0.1) is 5.69 Å². The second kappa shape index (κ2) is 10.9. The Kier molecular flexibility index (Phi) is 6.99. The Balaban J connectivity index is 0.750. The molecule has 1 amide bonds. The van der Waals surface area contributed by atoms with Gasteiger partial charge in [-0.1, -0.05) is 12.1 Å². The largest absolute Gasteiger partial charge is 0.507 e. The summed E-state index contributed by atoms with van der Waals surface area (Å²) < 4.78 is 5.56. The van der Waals surface area contributed by atoms with Crippen LogP contribution >= 0.6 is 0 Å². The van der Waals surface area contributed by atoms with Gasteiger partial charge in [0.25, 0.3) is 0 Å². The van der Waals surface area contributed by atoms with Crippen LogP contribution in [0.25, 0.3) is 22.3 Å². The molecule has 0 unspecified atom stereocenters. The fraction of sp³-hybridized carbons (Fsp3) is 0.658. The van der Waals surface area contributed by atoms with Gasteiger partial charge in [-0.25, -0.2) is 4.79 Å². The number of piperidine rings is 1. The molecule has 2 aromatic heterocycles. The highest BCUT2D eigenvalue weighted by Gasteiger charge is 2.61. The van der Waals surface area contributed by atoms with Gasteiger partial charge in [0, 0.05) is 85.4 Å². The zero-order valence-electron chi connectivity index (χ0n) is 29.0. The monoisotopic (exact) mass is 653 g/mol. The average Bonchev–Trinajstić information content (AvgIpc) is 3.34. The summed E-state index contributed by atoms with van der Waals surface area (Å²) in [4.78, 5) is 26.1. The number of amides is 1. The van der Waals surface area contributed by atoms with Gasteiger partial charge in [-0.15, -0.1) is 10.2 Å². The number of benzene rings is 1. The standard InChI is InChI=1S/C38H51N7O3/c1-24-33-29-15-31(28-7-5-6-8-32(28)46)40-41-34(29)39-30(33)11-14-45(24)25-9-12-42(13-10-25)26-16-37(17-26)20-43(21-37)27-18-38(19-27)22-44(23-38)35(47)48-36(2,3)4/h5-8,15,24-27,46H,9-14,16-23H2,1-4H3,(H,39,41)/t24-/m1/s1. The summed E-state index contributed by atoms with van der Waals surface area (Å²) in [6, 6.07) is 11.9. The number of ether oxygens (including phenoxy) is 1. The van der Waals surface area contributed by atoms with E-state index >= 15 is 0 Å². The lowest BCUT2D eigenvalue weighted by Gasteiger charge is -2.68. The number of aromatic hydroxyl groups is 1. The predicted molar refractivity (Wildman–Crippen MR) is 185 cm³/mol. The van der Waals surface area contributed by atoms with Gasteiger partial charge < -0.3 is 24.6 Å². The molecule has 1 aromatic carbocycles. The lowest BCUT2D eigenvalue weighted by molar-refractivity contribution is -0.177. The smallest absolute Gasteiger partial charge is 0.410 e. The number of carbonyl (C=O) groups excluding carboxylic acids is 1. The Bertz CT molecular complexity index is 1710. The van der Waals surface area contributed by atoms with Crippen LogP contribution in [0.1, 0.15) is 83.5 Å². The topological polar surface area (TPSA) is 101 Å². The minimum atomic E-state index is -0.419. The Hall–Kier alpha value is -3.21. The molecule has 2 aliphatic carbocycles. The molecule has 9 rings (SSSR count). The fourth-order valence-electron chi connectivity index (χ4n) is 10.4. The Labute approximate surface area is 283 Å². The van der Waals surface area contributed by atoms with Gasteiger partial charge in [-0.05, 0) is 108 Å². The number of hydrogen-bond donors (Lipinski definition) is 2. The van der Waals surface area contributed by atoms with Crippen molar-refractivity contribution in [2.75, 3.05) is 45.8 Å². The third-order valence-corrected chi connectivity index (χ3v) is 12.9. The molecule has 0 radical (unpaired) electrons.